The van der Waals surface area contributed by atoms with E-state index in [4.69, 9.17) is 0 Å². The number of rotatable bonds is 4. The summed E-state index contributed by atoms with van der Waals surface area (Å²) in [6, 6.07) is 0. The number of halogens is 1. The molecule has 0 aromatic carbocycles. The van der Waals surface area contributed by atoms with Gasteiger partial charge in [0.2, 0.25) is 0 Å². The standard InChI is InChI=1S/C11H21F/c1-10(7-9-12)6-5-8-11(2,3)4/h7,9-10H,5-6,8H2,1-4H3/b9-7+. The van der Waals surface area contributed by atoms with E-state index in [1.165, 1.54) is 12.8 Å². The van der Waals surface area contributed by atoms with Gasteiger partial charge in [-0.05, 0) is 24.2 Å². The molecule has 0 bridgehead atoms. The Bertz CT molecular complexity index is 130. The fraction of sp³-hybridized carbons (Fsp3) is 0.818. The molecule has 12 heavy (non-hydrogen) atoms. The molecule has 0 fully saturated rings. The van der Waals surface area contributed by atoms with Crippen molar-refractivity contribution in [2.24, 2.45) is 11.3 Å². The molecule has 72 valence electrons. The van der Waals surface area contributed by atoms with Crippen LogP contribution in [0.25, 0.3) is 0 Å². The van der Waals surface area contributed by atoms with Gasteiger partial charge in [0.05, 0.1) is 6.33 Å². The highest BCUT2D eigenvalue weighted by molar-refractivity contribution is 4.79. The van der Waals surface area contributed by atoms with Crippen molar-refractivity contribution in [2.45, 2.75) is 47.0 Å². The van der Waals surface area contributed by atoms with Crippen LogP contribution in [0.3, 0.4) is 0 Å². The zero-order valence-corrected chi connectivity index (χ0v) is 8.73. The molecular formula is C11H21F. The Kier molecular flexibility index (Phi) is 5.19. The topological polar surface area (TPSA) is 0 Å². The van der Waals surface area contributed by atoms with Gasteiger partial charge in [-0.2, -0.15) is 0 Å². The Morgan fingerprint density at radius 1 is 1.33 bits per heavy atom. The van der Waals surface area contributed by atoms with Crippen LogP contribution < -0.4 is 0 Å². The van der Waals surface area contributed by atoms with Gasteiger partial charge in [0.15, 0.2) is 0 Å². The lowest BCUT2D eigenvalue weighted by molar-refractivity contribution is 0.351. The normalized spacial score (nSPS) is 15.4. The van der Waals surface area contributed by atoms with Gasteiger partial charge in [-0.15, -0.1) is 0 Å². The highest BCUT2D eigenvalue weighted by Crippen LogP contribution is 2.23. The lowest BCUT2D eigenvalue weighted by atomic mass is 9.88. The first-order valence-corrected chi connectivity index (χ1v) is 4.72. The van der Waals surface area contributed by atoms with Crippen LogP contribution in [0.5, 0.6) is 0 Å². The van der Waals surface area contributed by atoms with Crippen LogP contribution in [0, 0.1) is 11.3 Å². The van der Waals surface area contributed by atoms with E-state index in [-0.39, 0.29) is 0 Å². The van der Waals surface area contributed by atoms with Crippen LogP contribution in [0.15, 0.2) is 12.4 Å². The lowest BCUT2D eigenvalue weighted by Gasteiger charge is -2.18. The SMILES string of the molecule is CC(/C=C/F)CCCC(C)(C)C. The zero-order chi connectivity index (χ0) is 9.61. The monoisotopic (exact) mass is 172 g/mol. The van der Waals surface area contributed by atoms with E-state index in [1.807, 2.05) is 0 Å². The maximum Gasteiger partial charge on any atom is 0.0829 e. The first kappa shape index (κ1) is 11.7. The summed E-state index contributed by atoms with van der Waals surface area (Å²) < 4.78 is 11.7. The van der Waals surface area contributed by atoms with Gasteiger partial charge < -0.3 is 0 Å². The Labute approximate surface area is 75.9 Å². The minimum atomic E-state index is 0.386. The fourth-order valence-electron chi connectivity index (χ4n) is 1.17. The Morgan fingerprint density at radius 3 is 2.33 bits per heavy atom. The summed E-state index contributed by atoms with van der Waals surface area (Å²) in [6.07, 6.45) is 5.79. The third-order valence-corrected chi connectivity index (χ3v) is 1.99. The molecule has 0 heterocycles. The van der Waals surface area contributed by atoms with E-state index >= 15 is 0 Å². The predicted octanol–water partition coefficient (Wildman–Crippen LogP) is 4.32. The summed E-state index contributed by atoms with van der Waals surface area (Å²) in [5.74, 6) is 0.386. The van der Waals surface area contributed by atoms with Crippen molar-refractivity contribution < 1.29 is 4.39 Å². The maximum atomic E-state index is 11.7. The van der Waals surface area contributed by atoms with Gasteiger partial charge in [0, 0.05) is 0 Å². The third kappa shape index (κ3) is 7.77. The van der Waals surface area contributed by atoms with Crippen LogP contribution in [-0.2, 0) is 0 Å². The largest absolute Gasteiger partial charge is 0.216 e. The number of hydrogen-bond donors (Lipinski definition) is 0. The maximum absolute atomic E-state index is 11.7. The van der Waals surface area contributed by atoms with Gasteiger partial charge in [-0.1, -0.05) is 40.2 Å². The minimum absolute atomic E-state index is 0.386. The summed E-state index contributed by atoms with van der Waals surface area (Å²) in [5.41, 5.74) is 0.416. The Balaban J connectivity index is 3.43. The van der Waals surface area contributed by atoms with Crippen molar-refractivity contribution in [1.82, 2.24) is 0 Å². The number of allylic oxidation sites excluding steroid dienone is 1. The van der Waals surface area contributed by atoms with Gasteiger partial charge >= 0.3 is 0 Å². The molecule has 0 aliphatic carbocycles. The van der Waals surface area contributed by atoms with Gasteiger partial charge in [0.1, 0.15) is 0 Å². The van der Waals surface area contributed by atoms with Gasteiger partial charge in [-0.25, -0.2) is 4.39 Å². The Morgan fingerprint density at radius 2 is 1.92 bits per heavy atom. The molecule has 0 aliphatic heterocycles. The van der Waals surface area contributed by atoms with E-state index < -0.39 is 0 Å². The zero-order valence-electron chi connectivity index (χ0n) is 8.73. The van der Waals surface area contributed by atoms with Crippen molar-refractivity contribution in [3.05, 3.63) is 12.4 Å². The van der Waals surface area contributed by atoms with Crippen LogP contribution in [0.2, 0.25) is 0 Å². The van der Waals surface area contributed by atoms with Crippen molar-refractivity contribution in [1.29, 1.82) is 0 Å². The van der Waals surface area contributed by atoms with Crippen LogP contribution in [0.1, 0.15) is 47.0 Å². The van der Waals surface area contributed by atoms with Crippen LogP contribution in [-0.4, -0.2) is 0 Å². The highest BCUT2D eigenvalue weighted by Gasteiger charge is 2.09. The molecule has 0 amide bonds. The van der Waals surface area contributed by atoms with Gasteiger partial charge in [-0.3, -0.25) is 0 Å². The molecule has 0 aromatic heterocycles. The average molecular weight is 172 g/mol. The quantitative estimate of drug-likeness (QED) is 0.592. The molecule has 0 saturated carbocycles. The predicted molar refractivity (Wildman–Crippen MR) is 52.7 cm³/mol. The van der Waals surface area contributed by atoms with Crippen molar-refractivity contribution in [3.8, 4) is 0 Å². The minimum Gasteiger partial charge on any atom is -0.216 e. The molecule has 1 heteroatoms. The second-order valence-electron chi connectivity index (χ2n) is 4.75. The molecule has 1 unspecified atom stereocenters. The lowest BCUT2D eigenvalue weighted by Crippen LogP contribution is -2.05. The van der Waals surface area contributed by atoms with E-state index in [9.17, 15) is 4.39 Å². The molecule has 1 atom stereocenters. The van der Waals surface area contributed by atoms with Crippen molar-refractivity contribution >= 4 is 0 Å². The summed E-state index contributed by atoms with van der Waals surface area (Å²) in [6.45, 7) is 8.77. The van der Waals surface area contributed by atoms with Crippen molar-refractivity contribution in [2.75, 3.05) is 0 Å². The van der Waals surface area contributed by atoms with Crippen LogP contribution >= 0.6 is 0 Å². The summed E-state index contributed by atoms with van der Waals surface area (Å²) in [4.78, 5) is 0. The molecule has 0 saturated heterocycles. The van der Waals surface area contributed by atoms with E-state index in [0.29, 0.717) is 17.7 Å². The highest BCUT2D eigenvalue weighted by atomic mass is 19.1. The fourth-order valence-corrected chi connectivity index (χ4v) is 1.17. The van der Waals surface area contributed by atoms with Gasteiger partial charge in [0.25, 0.3) is 0 Å². The van der Waals surface area contributed by atoms with E-state index in [1.54, 1.807) is 6.08 Å². The molecule has 0 rings (SSSR count). The molecule has 0 spiro atoms. The molecular weight excluding hydrogens is 151 g/mol. The molecule has 0 nitrogen and oxygen atoms in total. The first-order chi connectivity index (χ1) is 5.45. The van der Waals surface area contributed by atoms with E-state index in [2.05, 4.69) is 27.7 Å². The van der Waals surface area contributed by atoms with E-state index in [0.717, 1.165) is 6.42 Å². The summed E-state index contributed by atoms with van der Waals surface area (Å²) >= 11 is 0. The summed E-state index contributed by atoms with van der Waals surface area (Å²) in [5, 5.41) is 0. The molecule has 0 aromatic rings. The second-order valence-corrected chi connectivity index (χ2v) is 4.75. The number of hydrogen-bond acceptors (Lipinski definition) is 0. The second kappa shape index (κ2) is 5.34. The average Bonchev–Trinajstić information content (AvgIpc) is 1.84. The van der Waals surface area contributed by atoms with Crippen LogP contribution in [0.4, 0.5) is 4.39 Å². The third-order valence-electron chi connectivity index (χ3n) is 1.99. The Hall–Kier alpha value is -0.330. The molecule has 0 aliphatic rings. The molecule has 0 N–H and O–H groups in total. The molecule has 0 radical (unpaired) electrons. The summed E-state index contributed by atoms with van der Waals surface area (Å²) in [7, 11) is 0. The first-order valence-electron chi connectivity index (χ1n) is 4.72. The van der Waals surface area contributed by atoms with Crippen molar-refractivity contribution in [3.63, 3.8) is 0 Å². The smallest absolute Gasteiger partial charge is 0.0829 e.